The van der Waals surface area contributed by atoms with Crippen LogP contribution in [0.25, 0.3) is 0 Å². The first-order valence-electron chi connectivity index (χ1n) is 5.98. The maximum Gasteiger partial charge on any atom is 0.277 e. The van der Waals surface area contributed by atoms with Crippen molar-refractivity contribution in [1.29, 1.82) is 0 Å². The van der Waals surface area contributed by atoms with Gasteiger partial charge >= 0.3 is 0 Å². The van der Waals surface area contributed by atoms with Crippen LogP contribution in [0.5, 0.6) is 0 Å². The van der Waals surface area contributed by atoms with Gasteiger partial charge in [0.15, 0.2) is 0 Å². The number of rotatable bonds is 6. The summed E-state index contributed by atoms with van der Waals surface area (Å²) < 4.78 is 5.45. The van der Waals surface area contributed by atoms with Crippen molar-refractivity contribution in [1.82, 2.24) is 20.4 Å². The molecule has 1 N–H and O–H groups in total. The first kappa shape index (κ1) is 13.4. The Morgan fingerprint density at radius 2 is 2.28 bits per heavy atom. The highest BCUT2D eigenvalue weighted by atomic mass is 32.2. The third kappa shape index (κ3) is 3.99. The summed E-state index contributed by atoms with van der Waals surface area (Å²) in [6.07, 6.45) is 2.19. The maximum absolute atomic E-state index is 11.8. The lowest BCUT2D eigenvalue weighted by atomic mass is 10.4. The van der Waals surface area contributed by atoms with Crippen molar-refractivity contribution in [3.63, 3.8) is 0 Å². The molecule has 1 heterocycles. The Balaban J connectivity index is 1.83. The van der Waals surface area contributed by atoms with Crippen molar-refractivity contribution in [3.8, 4) is 0 Å². The van der Waals surface area contributed by atoms with Gasteiger partial charge in [-0.1, -0.05) is 11.8 Å². The van der Waals surface area contributed by atoms with E-state index in [9.17, 15) is 4.79 Å². The van der Waals surface area contributed by atoms with Gasteiger partial charge in [-0.25, -0.2) is 0 Å². The first-order valence-corrected chi connectivity index (χ1v) is 6.86. The van der Waals surface area contributed by atoms with Gasteiger partial charge in [0.1, 0.15) is 0 Å². The predicted molar refractivity (Wildman–Crippen MR) is 68.2 cm³/mol. The molecule has 2 rings (SSSR count). The van der Waals surface area contributed by atoms with E-state index >= 15 is 0 Å². The van der Waals surface area contributed by atoms with Crippen LogP contribution in [0.15, 0.2) is 9.64 Å². The lowest BCUT2D eigenvalue weighted by Gasteiger charge is -2.08. The fourth-order valence-corrected chi connectivity index (χ4v) is 2.08. The second-order valence-electron chi connectivity index (χ2n) is 4.74. The third-order valence-corrected chi connectivity index (χ3v) is 3.40. The normalized spacial score (nSPS) is 16.9. The highest BCUT2D eigenvalue weighted by Gasteiger charge is 2.26. The van der Waals surface area contributed by atoms with Gasteiger partial charge in [0, 0.05) is 6.04 Å². The number of hydrogen-bond acceptors (Lipinski definition) is 6. The Kier molecular flexibility index (Phi) is 4.23. The molecule has 0 bridgehead atoms. The molecule has 1 aliphatic rings. The van der Waals surface area contributed by atoms with Crippen LogP contribution in [0.3, 0.4) is 0 Å². The highest BCUT2D eigenvalue weighted by molar-refractivity contribution is 8.00. The number of amides is 1. The fraction of sp³-hybridized carbons (Fsp3) is 0.727. The zero-order valence-corrected chi connectivity index (χ0v) is 11.7. The minimum Gasteiger partial charge on any atom is -0.415 e. The number of thioether (sulfide) groups is 1. The molecule has 1 fully saturated rings. The molecule has 1 amide bonds. The van der Waals surface area contributed by atoms with E-state index in [1.54, 1.807) is 0 Å². The molecule has 0 aromatic carbocycles. The number of aromatic nitrogens is 2. The van der Waals surface area contributed by atoms with E-state index < -0.39 is 0 Å². The Morgan fingerprint density at radius 3 is 2.89 bits per heavy atom. The van der Waals surface area contributed by atoms with Gasteiger partial charge in [0.2, 0.25) is 11.8 Å². The lowest BCUT2D eigenvalue weighted by molar-refractivity contribution is -0.120. The van der Waals surface area contributed by atoms with Crippen LogP contribution in [0.4, 0.5) is 0 Å². The number of hydrogen-bond donors (Lipinski definition) is 1. The second-order valence-corrected chi connectivity index (χ2v) is 6.03. The summed E-state index contributed by atoms with van der Waals surface area (Å²) in [6.45, 7) is 2.45. The van der Waals surface area contributed by atoms with Crippen molar-refractivity contribution < 1.29 is 9.21 Å². The van der Waals surface area contributed by atoms with Crippen LogP contribution >= 0.6 is 11.8 Å². The Labute approximate surface area is 111 Å². The molecule has 0 spiro atoms. The topological polar surface area (TPSA) is 71.3 Å². The molecule has 7 heteroatoms. The molecule has 1 aromatic heterocycles. The summed E-state index contributed by atoms with van der Waals surface area (Å²) in [7, 11) is 3.87. The summed E-state index contributed by atoms with van der Waals surface area (Å²) in [5.41, 5.74) is 0. The van der Waals surface area contributed by atoms with E-state index in [1.807, 2.05) is 25.9 Å². The fourth-order valence-electron chi connectivity index (χ4n) is 1.37. The molecule has 6 nitrogen and oxygen atoms in total. The summed E-state index contributed by atoms with van der Waals surface area (Å²) in [4.78, 5) is 13.7. The van der Waals surface area contributed by atoms with E-state index in [-0.39, 0.29) is 11.2 Å². The Hall–Kier alpha value is -1.08. The molecule has 100 valence electrons. The van der Waals surface area contributed by atoms with Gasteiger partial charge < -0.3 is 14.6 Å². The van der Waals surface area contributed by atoms with Crippen molar-refractivity contribution in [2.24, 2.45) is 0 Å². The number of nitrogens with zero attached hydrogens (tertiary/aromatic N) is 3. The molecule has 0 unspecified atom stereocenters. The van der Waals surface area contributed by atoms with Gasteiger partial charge in [-0.15, -0.1) is 10.2 Å². The van der Waals surface area contributed by atoms with Crippen LogP contribution in [0, 0.1) is 0 Å². The highest BCUT2D eigenvalue weighted by Crippen LogP contribution is 2.24. The van der Waals surface area contributed by atoms with E-state index in [4.69, 9.17) is 4.42 Å². The minimum atomic E-state index is -0.210. The largest absolute Gasteiger partial charge is 0.415 e. The molecule has 1 aliphatic carbocycles. The molecule has 1 atom stereocenters. The van der Waals surface area contributed by atoms with Crippen LogP contribution in [-0.2, 0) is 11.3 Å². The van der Waals surface area contributed by atoms with Crippen LogP contribution < -0.4 is 5.32 Å². The van der Waals surface area contributed by atoms with Gasteiger partial charge in [0.25, 0.3) is 5.22 Å². The summed E-state index contributed by atoms with van der Waals surface area (Å²) >= 11 is 1.30. The third-order valence-electron chi connectivity index (χ3n) is 2.47. The molecular formula is C11H18N4O2S. The molecule has 18 heavy (non-hydrogen) atoms. The van der Waals surface area contributed by atoms with Gasteiger partial charge in [0.05, 0.1) is 11.8 Å². The zero-order valence-electron chi connectivity index (χ0n) is 10.8. The molecule has 0 aliphatic heterocycles. The van der Waals surface area contributed by atoms with E-state index in [1.165, 1.54) is 11.8 Å². The van der Waals surface area contributed by atoms with Gasteiger partial charge in [-0.05, 0) is 33.9 Å². The quantitative estimate of drug-likeness (QED) is 0.774. The first-order chi connectivity index (χ1) is 8.54. The Bertz CT molecular complexity index is 417. The van der Waals surface area contributed by atoms with Crippen LogP contribution in [0.2, 0.25) is 0 Å². The average molecular weight is 270 g/mol. The van der Waals surface area contributed by atoms with Crippen LogP contribution in [-0.4, -0.2) is 46.4 Å². The second kappa shape index (κ2) is 5.71. The SMILES string of the molecule is C[C@H](Sc1nnc(CN(C)C)o1)C(=O)NC1CC1. The summed E-state index contributed by atoms with van der Waals surface area (Å²) in [6, 6.07) is 0.382. The van der Waals surface area contributed by atoms with E-state index in [0.29, 0.717) is 23.7 Å². The maximum atomic E-state index is 11.8. The molecule has 0 radical (unpaired) electrons. The molecular weight excluding hydrogens is 252 g/mol. The van der Waals surface area contributed by atoms with Crippen molar-refractivity contribution in [2.75, 3.05) is 14.1 Å². The lowest BCUT2D eigenvalue weighted by Crippen LogP contribution is -2.32. The van der Waals surface area contributed by atoms with E-state index in [0.717, 1.165) is 12.8 Å². The van der Waals surface area contributed by atoms with Crippen molar-refractivity contribution >= 4 is 17.7 Å². The number of carbonyl (C=O) groups excluding carboxylic acids is 1. The summed E-state index contributed by atoms with van der Waals surface area (Å²) in [5.74, 6) is 0.604. The standard InChI is InChI=1S/C11H18N4O2S/c1-7(10(16)12-8-4-5-8)18-11-14-13-9(17-11)6-15(2)3/h7-8H,4-6H2,1-3H3,(H,12,16)/t7-/m0/s1. The smallest absolute Gasteiger partial charge is 0.277 e. The van der Waals surface area contributed by atoms with Crippen LogP contribution in [0.1, 0.15) is 25.7 Å². The predicted octanol–water partition coefficient (Wildman–Crippen LogP) is 0.890. The molecule has 0 saturated heterocycles. The monoisotopic (exact) mass is 270 g/mol. The summed E-state index contributed by atoms with van der Waals surface area (Å²) in [5, 5.41) is 11.1. The number of nitrogens with one attached hydrogen (secondary N) is 1. The molecule has 1 aromatic rings. The minimum absolute atomic E-state index is 0.0369. The van der Waals surface area contributed by atoms with Gasteiger partial charge in [-0.3, -0.25) is 4.79 Å². The van der Waals surface area contributed by atoms with Crippen molar-refractivity contribution in [2.45, 2.75) is 42.8 Å². The zero-order chi connectivity index (χ0) is 13.1. The van der Waals surface area contributed by atoms with Gasteiger partial charge in [-0.2, -0.15) is 0 Å². The number of carbonyl (C=O) groups is 1. The van der Waals surface area contributed by atoms with E-state index in [2.05, 4.69) is 15.5 Å². The Morgan fingerprint density at radius 1 is 1.56 bits per heavy atom. The average Bonchev–Trinajstić information content (AvgIpc) is 2.99. The molecule has 1 saturated carbocycles. The van der Waals surface area contributed by atoms with Crippen molar-refractivity contribution in [3.05, 3.63) is 5.89 Å².